The van der Waals surface area contributed by atoms with Crippen LogP contribution < -0.4 is 5.32 Å². The Balaban J connectivity index is 1.75. The monoisotopic (exact) mass is 324 g/mol. The van der Waals surface area contributed by atoms with Crippen LogP contribution in [0.5, 0.6) is 0 Å². The van der Waals surface area contributed by atoms with Crippen LogP contribution in [0.25, 0.3) is 0 Å². The Kier molecular flexibility index (Phi) is 5.38. The molecule has 1 fully saturated rings. The molecule has 0 radical (unpaired) electrons. The summed E-state index contributed by atoms with van der Waals surface area (Å²) in [5.74, 6) is -0.652. The second-order valence-electron chi connectivity index (χ2n) is 6.78. The smallest absolute Gasteiger partial charge is 0.357 e. The summed E-state index contributed by atoms with van der Waals surface area (Å²) in [6, 6.07) is 0. The van der Waals surface area contributed by atoms with Gasteiger partial charge in [0.25, 0.3) is 0 Å². The summed E-state index contributed by atoms with van der Waals surface area (Å²) in [7, 11) is 0. The number of carboxylic acid groups (broad SMARTS) is 1. The van der Waals surface area contributed by atoms with Crippen molar-refractivity contribution in [3.8, 4) is 0 Å². The van der Waals surface area contributed by atoms with Crippen LogP contribution in [0, 0.1) is 0 Å². The first-order chi connectivity index (χ1) is 10.7. The van der Waals surface area contributed by atoms with Crippen molar-refractivity contribution in [1.82, 2.24) is 20.1 Å². The standard InChI is InChI=1S/C15H24N4O4/c1-15(2,3)17-12(20)8-18-4-6-19(7-5-18)9-13-16-11(10-23-13)14(21)22/h10H,4-9H2,1-3H3,(H,17,20)(H,21,22). The van der Waals surface area contributed by atoms with Gasteiger partial charge in [0.1, 0.15) is 6.26 Å². The van der Waals surface area contributed by atoms with Crippen molar-refractivity contribution in [1.29, 1.82) is 0 Å². The Morgan fingerprint density at radius 2 is 1.87 bits per heavy atom. The maximum Gasteiger partial charge on any atom is 0.357 e. The number of carboxylic acids is 1. The van der Waals surface area contributed by atoms with Crippen LogP contribution in [-0.2, 0) is 11.3 Å². The Labute approximate surface area is 135 Å². The fourth-order valence-corrected chi connectivity index (χ4v) is 2.44. The molecule has 8 heteroatoms. The number of aromatic carboxylic acids is 1. The van der Waals surface area contributed by atoms with Crippen LogP contribution in [0.4, 0.5) is 0 Å². The lowest BCUT2D eigenvalue weighted by Crippen LogP contribution is -2.51. The molecule has 2 rings (SSSR count). The number of piperazine rings is 1. The van der Waals surface area contributed by atoms with Gasteiger partial charge in [-0.3, -0.25) is 14.6 Å². The van der Waals surface area contributed by atoms with Gasteiger partial charge in [-0.1, -0.05) is 0 Å². The number of hydrogen-bond donors (Lipinski definition) is 2. The van der Waals surface area contributed by atoms with Crippen LogP contribution in [0.1, 0.15) is 37.2 Å². The van der Waals surface area contributed by atoms with Crippen molar-refractivity contribution in [2.75, 3.05) is 32.7 Å². The minimum Gasteiger partial charge on any atom is -0.476 e. The van der Waals surface area contributed by atoms with E-state index < -0.39 is 5.97 Å². The van der Waals surface area contributed by atoms with Crippen LogP contribution >= 0.6 is 0 Å². The van der Waals surface area contributed by atoms with Gasteiger partial charge >= 0.3 is 5.97 Å². The molecule has 23 heavy (non-hydrogen) atoms. The molecule has 1 aromatic heterocycles. The first-order valence-electron chi connectivity index (χ1n) is 7.66. The molecule has 1 aliphatic rings. The van der Waals surface area contributed by atoms with Gasteiger partial charge in [-0.05, 0) is 20.8 Å². The number of oxazole rings is 1. The van der Waals surface area contributed by atoms with Crippen molar-refractivity contribution in [2.45, 2.75) is 32.9 Å². The first kappa shape index (κ1) is 17.4. The summed E-state index contributed by atoms with van der Waals surface area (Å²) >= 11 is 0. The Morgan fingerprint density at radius 1 is 1.26 bits per heavy atom. The lowest BCUT2D eigenvalue weighted by atomic mass is 10.1. The quantitative estimate of drug-likeness (QED) is 0.809. The Morgan fingerprint density at radius 3 is 2.39 bits per heavy atom. The van der Waals surface area contributed by atoms with Crippen LogP contribution in [0.3, 0.4) is 0 Å². The van der Waals surface area contributed by atoms with E-state index in [9.17, 15) is 9.59 Å². The van der Waals surface area contributed by atoms with Crippen molar-refractivity contribution in [3.05, 3.63) is 17.8 Å². The molecular weight excluding hydrogens is 300 g/mol. The number of amides is 1. The predicted molar refractivity (Wildman–Crippen MR) is 83.1 cm³/mol. The van der Waals surface area contributed by atoms with Gasteiger partial charge in [0, 0.05) is 31.7 Å². The van der Waals surface area contributed by atoms with E-state index in [2.05, 4.69) is 20.1 Å². The highest BCUT2D eigenvalue weighted by atomic mass is 16.4. The molecule has 0 atom stereocenters. The van der Waals surface area contributed by atoms with Crippen LogP contribution in [-0.4, -0.2) is 70.0 Å². The van der Waals surface area contributed by atoms with E-state index >= 15 is 0 Å². The summed E-state index contributed by atoms with van der Waals surface area (Å²) in [4.78, 5) is 30.9. The zero-order valence-electron chi connectivity index (χ0n) is 13.8. The molecular formula is C15H24N4O4. The maximum absolute atomic E-state index is 11.9. The zero-order valence-corrected chi connectivity index (χ0v) is 13.8. The van der Waals surface area contributed by atoms with E-state index in [1.807, 2.05) is 20.8 Å². The summed E-state index contributed by atoms with van der Waals surface area (Å²) in [5.41, 5.74) is -0.288. The Bertz CT molecular complexity index is 556. The van der Waals surface area contributed by atoms with E-state index in [0.29, 0.717) is 19.0 Å². The van der Waals surface area contributed by atoms with Crippen molar-refractivity contribution >= 4 is 11.9 Å². The summed E-state index contributed by atoms with van der Waals surface area (Å²) in [6.45, 7) is 9.90. The van der Waals surface area contributed by atoms with E-state index in [4.69, 9.17) is 9.52 Å². The highest BCUT2D eigenvalue weighted by Gasteiger charge is 2.22. The molecule has 1 saturated heterocycles. The molecule has 0 unspecified atom stereocenters. The van der Waals surface area contributed by atoms with Crippen molar-refractivity contribution in [3.63, 3.8) is 0 Å². The van der Waals surface area contributed by atoms with E-state index in [-0.39, 0.29) is 17.1 Å². The molecule has 1 aromatic rings. The third-order valence-electron chi connectivity index (χ3n) is 3.48. The third-order valence-corrected chi connectivity index (χ3v) is 3.48. The average Bonchev–Trinajstić information content (AvgIpc) is 2.87. The number of rotatable bonds is 5. The number of nitrogens with zero attached hydrogens (tertiary/aromatic N) is 3. The van der Waals surface area contributed by atoms with Gasteiger partial charge in [0.05, 0.1) is 13.1 Å². The van der Waals surface area contributed by atoms with Gasteiger partial charge in [-0.15, -0.1) is 0 Å². The van der Waals surface area contributed by atoms with Gasteiger partial charge in [-0.25, -0.2) is 9.78 Å². The topological polar surface area (TPSA) is 98.9 Å². The van der Waals surface area contributed by atoms with Crippen molar-refractivity contribution in [2.24, 2.45) is 0 Å². The lowest BCUT2D eigenvalue weighted by Gasteiger charge is -2.34. The Hall–Kier alpha value is -1.93. The van der Waals surface area contributed by atoms with E-state index in [1.165, 1.54) is 0 Å². The normalized spacial score (nSPS) is 17.2. The van der Waals surface area contributed by atoms with E-state index in [0.717, 1.165) is 32.4 Å². The molecule has 128 valence electrons. The fourth-order valence-electron chi connectivity index (χ4n) is 2.44. The number of carbonyl (C=O) groups excluding carboxylic acids is 1. The highest BCUT2D eigenvalue weighted by molar-refractivity contribution is 5.84. The maximum atomic E-state index is 11.9. The molecule has 0 aromatic carbocycles. The highest BCUT2D eigenvalue weighted by Crippen LogP contribution is 2.09. The molecule has 2 heterocycles. The van der Waals surface area contributed by atoms with Crippen molar-refractivity contribution < 1.29 is 19.1 Å². The molecule has 8 nitrogen and oxygen atoms in total. The average molecular weight is 324 g/mol. The first-order valence-corrected chi connectivity index (χ1v) is 7.66. The minimum atomic E-state index is -1.09. The molecule has 0 bridgehead atoms. The number of aromatic nitrogens is 1. The number of nitrogens with one attached hydrogen (secondary N) is 1. The number of carbonyl (C=O) groups is 2. The molecule has 1 aliphatic heterocycles. The second-order valence-corrected chi connectivity index (χ2v) is 6.78. The summed E-state index contributed by atoms with van der Waals surface area (Å²) in [5, 5.41) is 11.8. The molecule has 0 aliphatic carbocycles. The van der Waals surface area contributed by atoms with Gasteiger partial charge < -0.3 is 14.8 Å². The van der Waals surface area contributed by atoms with Gasteiger partial charge in [0.2, 0.25) is 11.8 Å². The van der Waals surface area contributed by atoms with E-state index in [1.54, 1.807) is 0 Å². The molecule has 0 spiro atoms. The molecule has 2 N–H and O–H groups in total. The second kappa shape index (κ2) is 7.10. The predicted octanol–water partition coefficient (Wildman–Crippen LogP) is 0.405. The van der Waals surface area contributed by atoms with Gasteiger partial charge in [0.15, 0.2) is 5.69 Å². The fraction of sp³-hybridized carbons (Fsp3) is 0.667. The minimum absolute atomic E-state index is 0.0322. The van der Waals surface area contributed by atoms with Gasteiger partial charge in [-0.2, -0.15) is 0 Å². The summed E-state index contributed by atoms with van der Waals surface area (Å²) < 4.78 is 5.16. The molecule has 0 saturated carbocycles. The van der Waals surface area contributed by atoms with Crippen LogP contribution in [0.2, 0.25) is 0 Å². The third kappa shape index (κ3) is 5.65. The number of hydrogen-bond acceptors (Lipinski definition) is 6. The molecule has 1 amide bonds. The SMILES string of the molecule is CC(C)(C)NC(=O)CN1CCN(Cc2nc(C(=O)O)co2)CC1. The largest absolute Gasteiger partial charge is 0.476 e. The summed E-state index contributed by atoms with van der Waals surface area (Å²) in [6.07, 6.45) is 1.16. The zero-order chi connectivity index (χ0) is 17.0. The van der Waals surface area contributed by atoms with Crippen LogP contribution in [0.15, 0.2) is 10.7 Å². The lowest BCUT2D eigenvalue weighted by molar-refractivity contribution is -0.124.